The lowest BCUT2D eigenvalue weighted by atomic mass is 10.1. The summed E-state index contributed by atoms with van der Waals surface area (Å²) in [6.07, 6.45) is -4.64. The number of amides is 1. The number of halogens is 4. The SMILES string of the molecule is O=C(O)c1ccc(COCc2csc3nc(C(=O)NCc4ccc(Cl)c(C(F)(F)F)c4)[nH]c(=O)c23)cc1. The van der Waals surface area contributed by atoms with E-state index in [1.54, 1.807) is 17.5 Å². The van der Waals surface area contributed by atoms with Gasteiger partial charge in [0.15, 0.2) is 0 Å². The van der Waals surface area contributed by atoms with Crippen LogP contribution in [0.5, 0.6) is 0 Å². The Morgan fingerprint density at radius 1 is 1.11 bits per heavy atom. The number of nitrogens with zero attached hydrogens (tertiary/aromatic N) is 1. The topological polar surface area (TPSA) is 121 Å². The average Bonchev–Trinajstić information content (AvgIpc) is 3.26. The molecule has 3 N–H and O–H groups in total. The van der Waals surface area contributed by atoms with Crippen LogP contribution < -0.4 is 10.9 Å². The quantitative estimate of drug-likeness (QED) is 0.283. The monoisotopic (exact) mass is 551 g/mol. The molecule has 192 valence electrons. The van der Waals surface area contributed by atoms with Crippen molar-refractivity contribution in [3.8, 4) is 0 Å². The number of carbonyl (C=O) groups excluding carboxylic acids is 1. The van der Waals surface area contributed by atoms with Crippen molar-refractivity contribution < 1.29 is 32.6 Å². The van der Waals surface area contributed by atoms with E-state index < -0.39 is 34.2 Å². The Labute approximate surface area is 215 Å². The van der Waals surface area contributed by atoms with Gasteiger partial charge >= 0.3 is 12.1 Å². The van der Waals surface area contributed by atoms with Crippen molar-refractivity contribution in [3.05, 3.63) is 96.9 Å². The van der Waals surface area contributed by atoms with Crippen LogP contribution in [0.15, 0.2) is 52.6 Å². The number of carboxylic acid groups (broad SMARTS) is 1. The smallest absolute Gasteiger partial charge is 0.417 e. The number of H-pyrrole nitrogens is 1. The van der Waals surface area contributed by atoms with Gasteiger partial charge in [0.1, 0.15) is 4.83 Å². The van der Waals surface area contributed by atoms with Crippen molar-refractivity contribution in [2.45, 2.75) is 25.9 Å². The lowest BCUT2D eigenvalue weighted by Gasteiger charge is -2.11. The van der Waals surface area contributed by atoms with E-state index in [-0.39, 0.29) is 42.1 Å². The van der Waals surface area contributed by atoms with E-state index in [2.05, 4.69) is 15.3 Å². The maximum absolute atomic E-state index is 13.0. The zero-order valence-corrected chi connectivity index (χ0v) is 20.3. The molecule has 2 aromatic heterocycles. The minimum atomic E-state index is -4.64. The van der Waals surface area contributed by atoms with Gasteiger partial charge in [-0.05, 0) is 40.8 Å². The molecule has 0 aliphatic rings. The molecule has 0 aliphatic carbocycles. The summed E-state index contributed by atoms with van der Waals surface area (Å²) in [7, 11) is 0. The molecule has 13 heteroatoms. The summed E-state index contributed by atoms with van der Waals surface area (Å²) in [6.45, 7) is 0.0245. The van der Waals surface area contributed by atoms with Gasteiger partial charge in [0, 0.05) is 12.1 Å². The van der Waals surface area contributed by atoms with Crippen LogP contribution in [-0.2, 0) is 30.7 Å². The number of fused-ring (bicyclic) bond motifs is 1. The number of thiophene rings is 1. The first-order chi connectivity index (χ1) is 17.5. The van der Waals surface area contributed by atoms with Gasteiger partial charge < -0.3 is 20.1 Å². The van der Waals surface area contributed by atoms with Crippen LogP contribution in [0, 0.1) is 0 Å². The van der Waals surface area contributed by atoms with Crippen molar-refractivity contribution in [2.24, 2.45) is 0 Å². The number of carboxylic acids is 1. The first-order valence-electron chi connectivity index (χ1n) is 10.6. The van der Waals surface area contributed by atoms with E-state index in [1.165, 1.54) is 18.2 Å². The van der Waals surface area contributed by atoms with E-state index in [0.717, 1.165) is 29.0 Å². The maximum atomic E-state index is 13.0. The standard InChI is InChI=1S/C24H17ClF3N3O5S/c25-17-6-3-13(7-16(17)24(26,27)28)8-29-21(33)19-30-20(32)18-15(11-37-22(18)31-19)10-36-9-12-1-4-14(5-2-12)23(34)35/h1-7,11H,8-10H2,(H,29,33)(H,34,35)(H,30,31,32). The number of aromatic carboxylic acids is 1. The molecule has 4 rings (SSSR count). The van der Waals surface area contributed by atoms with E-state index in [1.807, 2.05) is 0 Å². The molecule has 0 unspecified atom stereocenters. The number of alkyl halides is 3. The number of aromatic nitrogens is 2. The van der Waals surface area contributed by atoms with Crippen LogP contribution in [0.1, 0.15) is 43.2 Å². The summed E-state index contributed by atoms with van der Waals surface area (Å²) in [4.78, 5) is 43.0. The molecule has 0 spiro atoms. The third-order valence-electron chi connectivity index (χ3n) is 5.25. The number of hydrogen-bond acceptors (Lipinski definition) is 6. The highest BCUT2D eigenvalue weighted by molar-refractivity contribution is 7.16. The van der Waals surface area contributed by atoms with E-state index >= 15 is 0 Å². The molecule has 2 aromatic carbocycles. The van der Waals surface area contributed by atoms with Crippen LogP contribution in [-0.4, -0.2) is 27.0 Å². The molecule has 8 nitrogen and oxygen atoms in total. The van der Waals surface area contributed by atoms with Gasteiger partial charge in [-0.3, -0.25) is 9.59 Å². The zero-order valence-electron chi connectivity index (χ0n) is 18.7. The molecule has 0 bridgehead atoms. The molecule has 0 saturated carbocycles. The number of carbonyl (C=O) groups is 2. The maximum Gasteiger partial charge on any atom is 0.417 e. The number of ether oxygens (including phenoxy) is 1. The van der Waals surface area contributed by atoms with Gasteiger partial charge in [-0.2, -0.15) is 13.2 Å². The summed E-state index contributed by atoms with van der Waals surface area (Å²) >= 11 is 6.74. The fraction of sp³-hybridized carbons (Fsp3) is 0.167. The number of aromatic amines is 1. The van der Waals surface area contributed by atoms with Crippen LogP contribution in [0.25, 0.3) is 10.2 Å². The Balaban J connectivity index is 1.41. The Morgan fingerprint density at radius 2 is 1.81 bits per heavy atom. The molecule has 2 heterocycles. The summed E-state index contributed by atoms with van der Waals surface area (Å²) in [5.74, 6) is -2.08. The fourth-order valence-electron chi connectivity index (χ4n) is 3.41. The molecular formula is C24H17ClF3N3O5S. The lowest BCUT2D eigenvalue weighted by Crippen LogP contribution is -2.27. The minimum Gasteiger partial charge on any atom is -0.478 e. The van der Waals surface area contributed by atoms with Crippen molar-refractivity contribution in [2.75, 3.05) is 0 Å². The molecule has 0 radical (unpaired) electrons. The highest BCUT2D eigenvalue weighted by Crippen LogP contribution is 2.35. The van der Waals surface area contributed by atoms with Crippen LogP contribution in [0.2, 0.25) is 5.02 Å². The summed E-state index contributed by atoms with van der Waals surface area (Å²) in [6, 6.07) is 9.47. The number of rotatable bonds is 8. The van der Waals surface area contributed by atoms with Crippen molar-refractivity contribution in [1.29, 1.82) is 0 Å². The van der Waals surface area contributed by atoms with E-state index in [0.29, 0.717) is 10.4 Å². The lowest BCUT2D eigenvalue weighted by molar-refractivity contribution is -0.137. The van der Waals surface area contributed by atoms with E-state index in [9.17, 15) is 27.6 Å². The molecular weight excluding hydrogens is 535 g/mol. The molecule has 0 aliphatic heterocycles. The van der Waals surface area contributed by atoms with Crippen LogP contribution >= 0.6 is 22.9 Å². The molecule has 0 saturated heterocycles. The average molecular weight is 552 g/mol. The highest BCUT2D eigenvalue weighted by atomic mass is 35.5. The highest BCUT2D eigenvalue weighted by Gasteiger charge is 2.33. The third kappa shape index (κ3) is 6.16. The molecule has 4 aromatic rings. The summed E-state index contributed by atoms with van der Waals surface area (Å²) in [5.41, 5.74) is 0.0549. The number of nitrogens with one attached hydrogen (secondary N) is 2. The second-order valence-corrected chi connectivity index (χ2v) is 9.11. The number of hydrogen-bond donors (Lipinski definition) is 3. The summed E-state index contributed by atoms with van der Waals surface area (Å²) < 4.78 is 44.8. The van der Waals surface area contributed by atoms with Crippen molar-refractivity contribution in [1.82, 2.24) is 15.3 Å². The largest absolute Gasteiger partial charge is 0.478 e. The molecule has 0 atom stereocenters. The Morgan fingerprint density at radius 3 is 2.49 bits per heavy atom. The second kappa shape index (κ2) is 10.7. The van der Waals surface area contributed by atoms with Crippen LogP contribution in [0.3, 0.4) is 0 Å². The van der Waals surface area contributed by atoms with Crippen molar-refractivity contribution >= 4 is 45.0 Å². The molecule has 37 heavy (non-hydrogen) atoms. The van der Waals surface area contributed by atoms with Gasteiger partial charge in [-0.25, -0.2) is 9.78 Å². The first kappa shape index (κ1) is 26.3. The predicted octanol–water partition coefficient (Wildman–Crippen LogP) is 5.00. The van der Waals surface area contributed by atoms with E-state index in [4.69, 9.17) is 21.4 Å². The molecule has 1 amide bonds. The first-order valence-corrected chi connectivity index (χ1v) is 11.8. The van der Waals surface area contributed by atoms with Gasteiger partial charge in [0.05, 0.1) is 34.7 Å². The fourth-order valence-corrected chi connectivity index (χ4v) is 4.56. The molecule has 0 fully saturated rings. The van der Waals surface area contributed by atoms with Crippen LogP contribution in [0.4, 0.5) is 13.2 Å². The Hall–Kier alpha value is -3.74. The Kier molecular flexibility index (Phi) is 7.62. The van der Waals surface area contributed by atoms with Gasteiger partial charge in [-0.15, -0.1) is 11.3 Å². The number of benzene rings is 2. The minimum absolute atomic E-state index is 0.0785. The van der Waals surface area contributed by atoms with Crippen molar-refractivity contribution in [3.63, 3.8) is 0 Å². The Bertz CT molecular complexity index is 1530. The predicted molar refractivity (Wildman–Crippen MR) is 130 cm³/mol. The third-order valence-corrected chi connectivity index (χ3v) is 6.50. The zero-order chi connectivity index (χ0) is 26.7. The van der Waals surface area contributed by atoms with Gasteiger partial charge in [-0.1, -0.05) is 29.8 Å². The normalized spacial score (nSPS) is 11.6. The van der Waals surface area contributed by atoms with Gasteiger partial charge in [0.2, 0.25) is 5.82 Å². The van der Waals surface area contributed by atoms with Gasteiger partial charge in [0.25, 0.3) is 11.5 Å². The second-order valence-electron chi connectivity index (χ2n) is 7.85. The summed E-state index contributed by atoms with van der Waals surface area (Å²) in [5, 5.41) is 12.9.